The van der Waals surface area contributed by atoms with Crippen LogP contribution >= 0.6 is 0 Å². The molecular weight excluding hydrogens is 352 g/mol. The summed E-state index contributed by atoms with van der Waals surface area (Å²) in [6.07, 6.45) is 0.651. The first-order valence-corrected chi connectivity index (χ1v) is 9.22. The van der Waals surface area contributed by atoms with Crippen molar-refractivity contribution in [3.63, 3.8) is 0 Å². The molecule has 0 spiro atoms. The summed E-state index contributed by atoms with van der Waals surface area (Å²) >= 11 is 0. The van der Waals surface area contributed by atoms with E-state index in [0.717, 1.165) is 0 Å². The Kier molecular flexibility index (Phi) is 6.80. The van der Waals surface area contributed by atoms with Crippen LogP contribution in [-0.4, -0.2) is 28.9 Å². The number of aliphatic carboxylic acids is 1. The molecule has 0 radical (unpaired) electrons. The summed E-state index contributed by atoms with van der Waals surface area (Å²) in [4.78, 5) is 48.9. The van der Waals surface area contributed by atoms with Crippen LogP contribution < -0.4 is 11.3 Å². The fourth-order valence-electron chi connectivity index (χ4n) is 4.24. The van der Waals surface area contributed by atoms with Crippen LogP contribution in [0.15, 0.2) is 0 Å². The van der Waals surface area contributed by atoms with Gasteiger partial charge in [-0.15, -0.1) is 0 Å². The Morgan fingerprint density at radius 3 is 2.11 bits per heavy atom. The molecule has 0 aromatic carbocycles. The molecule has 0 aromatic rings. The fraction of sp³-hybridized carbons (Fsp3) is 0.789. The Hall–Kier alpha value is -1.96. The lowest BCUT2D eigenvalue weighted by molar-refractivity contribution is -0.159. The summed E-state index contributed by atoms with van der Waals surface area (Å²) in [6.45, 7) is 12.3. The van der Waals surface area contributed by atoms with Gasteiger partial charge in [0.2, 0.25) is 5.91 Å². The largest absolute Gasteiger partial charge is 0.481 e. The first kappa shape index (κ1) is 23.1. The number of hydrogen-bond acceptors (Lipinski definition) is 6. The molecule has 1 rings (SSSR count). The second kappa shape index (κ2) is 7.96. The molecule has 0 aromatic heterocycles. The summed E-state index contributed by atoms with van der Waals surface area (Å²) in [7, 11) is 0. The predicted molar refractivity (Wildman–Crippen MR) is 97.7 cm³/mol. The van der Waals surface area contributed by atoms with Crippen molar-refractivity contribution in [2.45, 2.75) is 54.9 Å². The van der Waals surface area contributed by atoms with Crippen molar-refractivity contribution in [3.05, 3.63) is 0 Å². The van der Waals surface area contributed by atoms with Crippen LogP contribution in [0.25, 0.3) is 0 Å². The molecule has 0 saturated carbocycles. The molecule has 154 valence electrons. The lowest BCUT2D eigenvalue weighted by atomic mass is 9.57. The average Bonchev–Trinajstić information content (AvgIpc) is 2.87. The molecule has 5 unspecified atom stereocenters. The van der Waals surface area contributed by atoms with E-state index in [0.29, 0.717) is 6.42 Å². The molecule has 1 saturated heterocycles. The standard InChI is InChI=1S/C19H32N2O6/c1-8-18(4,5)13-11(16(25)27-17(13)26)10(3)19(6,7)12(15(23)24)9(2)14(22)21-20/h9-13H,8,20H2,1-7H3,(H,21,22)(H,23,24). The first-order chi connectivity index (χ1) is 12.2. The Bertz CT molecular complexity index is 628. The van der Waals surface area contributed by atoms with Gasteiger partial charge in [0.1, 0.15) is 0 Å². The Labute approximate surface area is 160 Å². The molecule has 1 heterocycles. The number of carbonyl (C=O) groups is 4. The molecule has 1 aliphatic rings. The van der Waals surface area contributed by atoms with E-state index >= 15 is 0 Å². The number of ether oxygens (including phenoxy) is 1. The molecule has 8 heteroatoms. The van der Waals surface area contributed by atoms with Crippen molar-refractivity contribution in [2.24, 2.45) is 46.3 Å². The minimum Gasteiger partial charge on any atom is -0.481 e. The number of nitrogens with two attached hydrogens (primary N) is 1. The van der Waals surface area contributed by atoms with Gasteiger partial charge >= 0.3 is 17.9 Å². The first-order valence-electron chi connectivity index (χ1n) is 9.22. The highest BCUT2D eigenvalue weighted by Crippen LogP contribution is 2.51. The molecule has 4 N–H and O–H groups in total. The molecular formula is C19H32N2O6. The van der Waals surface area contributed by atoms with Crippen LogP contribution in [0.1, 0.15) is 54.9 Å². The van der Waals surface area contributed by atoms with E-state index in [4.69, 9.17) is 10.6 Å². The Morgan fingerprint density at radius 2 is 1.70 bits per heavy atom. The van der Waals surface area contributed by atoms with Crippen molar-refractivity contribution in [1.29, 1.82) is 0 Å². The third-order valence-electron chi connectivity index (χ3n) is 6.68. The summed E-state index contributed by atoms with van der Waals surface area (Å²) in [6, 6.07) is 0. The van der Waals surface area contributed by atoms with Crippen molar-refractivity contribution in [1.82, 2.24) is 5.43 Å². The molecule has 5 atom stereocenters. The number of amides is 1. The molecule has 27 heavy (non-hydrogen) atoms. The van der Waals surface area contributed by atoms with E-state index in [9.17, 15) is 24.3 Å². The highest BCUT2D eigenvalue weighted by Gasteiger charge is 2.58. The number of hydrogen-bond donors (Lipinski definition) is 3. The number of hydrazine groups is 1. The lowest BCUT2D eigenvalue weighted by Gasteiger charge is -2.43. The fourth-order valence-corrected chi connectivity index (χ4v) is 4.24. The second-order valence-corrected chi connectivity index (χ2v) is 8.81. The third kappa shape index (κ3) is 4.15. The van der Waals surface area contributed by atoms with Crippen LogP contribution in [0.4, 0.5) is 0 Å². The quantitative estimate of drug-likeness (QED) is 0.191. The van der Waals surface area contributed by atoms with Crippen molar-refractivity contribution in [3.8, 4) is 0 Å². The van der Waals surface area contributed by atoms with Crippen LogP contribution in [0.5, 0.6) is 0 Å². The lowest BCUT2D eigenvalue weighted by Crippen LogP contribution is -2.50. The van der Waals surface area contributed by atoms with Gasteiger partial charge in [0.25, 0.3) is 0 Å². The van der Waals surface area contributed by atoms with Crippen LogP contribution in [0.2, 0.25) is 0 Å². The minimum absolute atomic E-state index is 0.489. The van der Waals surface area contributed by atoms with Gasteiger partial charge in [0, 0.05) is 0 Å². The van der Waals surface area contributed by atoms with E-state index in [-0.39, 0.29) is 0 Å². The summed E-state index contributed by atoms with van der Waals surface area (Å²) in [5.41, 5.74) is 0.510. The number of carboxylic acid groups (broad SMARTS) is 1. The zero-order chi connectivity index (χ0) is 21.3. The monoisotopic (exact) mass is 384 g/mol. The van der Waals surface area contributed by atoms with Gasteiger partial charge in [-0.05, 0) is 16.7 Å². The SMILES string of the molecule is CCC(C)(C)C1C(=O)OC(=O)C1C(C)C(C)(C)C(C(=O)O)C(C)C(=O)NN. The summed E-state index contributed by atoms with van der Waals surface area (Å²) in [5.74, 6) is -1.79. The van der Waals surface area contributed by atoms with Crippen molar-refractivity contribution in [2.75, 3.05) is 0 Å². The number of nitrogens with one attached hydrogen (secondary N) is 1. The van der Waals surface area contributed by atoms with E-state index in [1.165, 1.54) is 6.92 Å². The van der Waals surface area contributed by atoms with Crippen molar-refractivity contribution >= 4 is 23.8 Å². The maximum Gasteiger partial charge on any atom is 0.318 e. The summed E-state index contributed by atoms with van der Waals surface area (Å²) < 4.78 is 4.94. The maximum absolute atomic E-state index is 12.5. The highest BCUT2D eigenvalue weighted by atomic mass is 16.6. The molecule has 0 aliphatic carbocycles. The third-order valence-corrected chi connectivity index (χ3v) is 6.68. The molecule has 1 aliphatic heterocycles. The molecule has 1 amide bonds. The van der Waals surface area contributed by atoms with E-state index in [2.05, 4.69) is 0 Å². The van der Waals surface area contributed by atoms with Gasteiger partial charge in [-0.2, -0.15) is 0 Å². The van der Waals surface area contributed by atoms with Gasteiger partial charge < -0.3 is 9.84 Å². The Balaban J connectivity index is 3.38. The van der Waals surface area contributed by atoms with Crippen molar-refractivity contribution < 1.29 is 29.0 Å². The number of esters is 2. The van der Waals surface area contributed by atoms with Crippen LogP contribution in [0, 0.1) is 40.4 Å². The zero-order valence-electron chi connectivity index (χ0n) is 17.2. The van der Waals surface area contributed by atoms with E-state index in [1.807, 2.05) is 26.2 Å². The van der Waals surface area contributed by atoms with Gasteiger partial charge in [0.15, 0.2) is 0 Å². The maximum atomic E-state index is 12.5. The number of carbonyl (C=O) groups excluding carboxylic acids is 3. The van der Waals surface area contributed by atoms with E-state index < -0.39 is 64.2 Å². The van der Waals surface area contributed by atoms with Gasteiger partial charge in [-0.1, -0.05) is 54.9 Å². The highest BCUT2D eigenvalue weighted by molar-refractivity contribution is 5.97. The van der Waals surface area contributed by atoms with Crippen LogP contribution in [-0.2, 0) is 23.9 Å². The average molecular weight is 384 g/mol. The Morgan fingerprint density at radius 1 is 1.19 bits per heavy atom. The summed E-state index contributed by atoms with van der Waals surface area (Å²) in [5, 5.41) is 9.80. The topological polar surface area (TPSA) is 136 Å². The minimum atomic E-state index is -1.16. The predicted octanol–water partition coefficient (Wildman–Crippen LogP) is 1.73. The zero-order valence-corrected chi connectivity index (χ0v) is 17.2. The number of cyclic esters (lactones) is 2. The van der Waals surface area contributed by atoms with E-state index in [1.54, 1.807) is 20.8 Å². The van der Waals surface area contributed by atoms with Gasteiger partial charge in [-0.3, -0.25) is 24.6 Å². The normalized spacial score (nSPS) is 24.1. The molecule has 8 nitrogen and oxygen atoms in total. The van der Waals surface area contributed by atoms with Gasteiger partial charge in [-0.25, -0.2) is 5.84 Å². The van der Waals surface area contributed by atoms with Crippen LogP contribution in [0.3, 0.4) is 0 Å². The smallest absolute Gasteiger partial charge is 0.318 e. The second-order valence-electron chi connectivity index (χ2n) is 8.81. The molecule has 1 fully saturated rings. The van der Waals surface area contributed by atoms with Gasteiger partial charge in [0.05, 0.1) is 23.7 Å². The molecule has 0 bridgehead atoms. The number of rotatable bonds is 8. The number of carboxylic acids is 1.